The van der Waals surface area contributed by atoms with E-state index >= 15 is 0 Å². The zero-order valence-corrected chi connectivity index (χ0v) is 18.3. The van der Waals surface area contributed by atoms with Crippen molar-refractivity contribution < 1.29 is 19.1 Å². The fourth-order valence-electron chi connectivity index (χ4n) is 2.75. The predicted molar refractivity (Wildman–Crippen MR) is 111 cm³/mol. The summed E-state index contributed by atoms with van der Waals surface area (Å²) in [6.07, 6.45) is -0.00650. The summed E-state index contributed by atoms with van der Waals surface area (Å²) in [5.41, 5.74) is 2.16. The first-order chi connectivity index (χ1) is 13.6. The van der Waals surface area contributed by atoms with Crippen molar-refractivity contribution in [3.8, 4) is 0 Å². The summed E-state index contributed by atoms with van der Waals surface area (Å²) in [6.45, 7) is 10.0. The standard InChI is InChI=1S/C21H28ClN3O4/c1-14-18(15(2)25(24-14)13-16-9-6-7-10-17(16)22)19(26)28-12-8-11-23-20(27)29-21(3,4)5/h6-7,9-10H,8,11-13H2,1-5H3,(H,23,27). The lowest BCUT2D eigenvalue weighted by molar-refractivity contribution is 0.0482. The number of hydrogen-bond donors (Lipinski definition) is 1. The average molecular weight is 422 g/mol. The lowest BCUT2D eigenvalue weighted by Gasteiger charge is -2.19. The van der Waals surface area contributed by atoms with Crippen LogP contribution < -0.4 is 5.32 Å². The van der Waals surface area contributed by atoms with Gasteiger partial charge in [-0.1, -0.05) is 29.8 Å². The molecule has 0 saturated carbocycles. The maximum absolute atomic E-state index is 12.5. The molecule has 0 aliphatic rings. The van der Waals surface area contributed by atoms with Crippen LogP contribution in [0.4, 0.5) is 4.79 Å². The molecule has 158 valence electrons. The van der Waals surface area contributed by atoms with Gasteiger partial charge >= 0.3 is 12.1 Å². The second kappa shape index (κ2) is 9.78. The highest BCUT2D eigenvalue weighted by Crippen LogP contribution is 2.20. The van der Waals surface area contributed by atoms with E-state index in [1.54, 1.807) is 32.4 Å². The molecule has 0 bridgehead atoms. The largest absolute Gasteiger partial charge is 0.462 e. The highest BCUT2D eigenvalue weighted by atomic mass is 35.5. The van der Waals surface area contributed by atoms with Gasteiger partial charge in [-0.25, -0.2) is 9.59 Å². The Morgan fingerprint density at radius 3 is 2.55 bits per heavy atom. The predicted octanol–water partition coefficient (Wildman–Crippen LogP) is 4.27. The second-order valence-electron chi connectivity index (χ2n) is 7.71. The maximum atomic E-state index is 12.5. The molecular formula is C21H28ClN3O4. The number of nitrogens with zero attached hydrogens (tertiary/aromatic N) is 2. The first-order valence-electron chi connectivity index (χ1n) is 9.50. The number of rotatable bonds is 7. The maximum Gasteiger partial charge on any atom is 0.407 e. The molecule has 0 fully saturated rings. The molecule has 0 atom stereocenters. The van der Waals surface area contributed by atoms with Crippen molar-refractivity contribution in [2.75, 3.05) is 13.2 Å². The Morgan fingerprint density at radius 1 is 1.21 bits per heavy atom. The number of aryl methyl sites for hydroxylation is 1. The monoisotopic (exact) mass is 421 g/mol. The number of carbonyl (C=O) groups excluding carboxylic acids is 2. The van der Waals surface area contributed by atoms with E-state index in [4.69, 9.17) is 21.1 Å². The van der Waals surface area contributed by atoms with Gasteiger partial charge in [0, 0.05) is 11.6 Å². The molecule has 0 radical (unpaired) electrons. The van der Waals surface area contributed by atoms with Crippen LogP contribution in [0.25, 0.3) is 0 Å². The summed E-state index contributed by atoms with van der Waals surface area (Å²) in [5, 5.41) is 7.74. The number of amides is 1. The molecule has 7 nitrogen and oxygen atoms in total. The fourth-order valence-corrected chi connectivity index (χ4v) is 2.94. The normalized spacial score (nSPS) is 11.2. The van der Waals surface area contributed by atoms with Gasteiger partial charge in [0.05, 0.1) is 24.5 Å². The Kier molecular flexibility index (Phi) is 7.67. The zero-order valence-electron chi connectivity index (χ0n) is 17.5. The number of halogens is 1. The van der Waals surface area contributed by atoms with Crippen molar-refractivity contribution in [1.29, 1.82) is 0 Å². The van der Waals surface area contributed by atoms with E-state index < -0.39 is 17.7 Å². The van der Waals surface area contributed by atoms with Crippen molar-refractivity contribution in [1.82, 2.24) is 15.1 Å². The van der Waals surface area contributed by atoms with Crippen molar-refractivity contribution in [2.45, 2.75) is 53.2 Å². The van der Waals surface area contributed by atoms with Gasteiger partial charge in [0.15, 0.2) is 0 Å². The summed E-state index contributed by atoms with van der Waals surface area (Å²) < 4.78 is 12.2. The number of aromatic nitrogens is 2. The van der Waals surface area contributed by atoms with Crippen LogP contribution in [0.2, 0.25) is 5.02 Å². The molecule has 1 aromatic heterocycles. The van der Waals surface area contributed by atoms with E-state index in [1.807, 2.05) is 31.2 Å². The minimum atomic E-state index is -0.546. The molecule has 1 amide bonds. The summed E-state index contributed by atoms with van der Waals surface area (Å²) in [4.78, 5) is 24.1. The third-order valence-corrected chi connectivity index (χ3v) is 4.45. The van der Waals surface area contributed by atoms with Gasteiger partial charge in [0.2, 0.25) is 0 Å². The number of hydrogen-bond acceptors (Lipinski definition) is 5. The molecule has 2 rings (SSSR count). The van der Waals surface area contributed by atoms with Crippen LogP contribution in [0.15, 0.2) is 24.3 Å². The van der Waals surface area contributed by atoms with E-state index in [2.05, 4.69) is 10.4 Å². The molecule has 8 heteroatoms. The molecule has 0 unspecified atom stereocenters. The highest BCUT2D eigenvalue weighted by Gasteiger charge is 2.20. The number of benzene rings is 1. The third-order valence-electron chi connectivity index (χ3n) is 4.09. The molecule has 0 spiro atoms. The summed E-state index contributed by atoms with van der Waals surface area (Å²) in [6, 6.07) is 7.53. The Bertz CT molecular complexity index is 871. The lowest BCUT2D eigenvalue weighted by Crippen LogP contribution is -2.33. The summed E-state index contributed by atoms with van der Waals surface area (Å²) in [7, 11) is 0. The minimum absolute atomic E-state index is 0.184. The number of esters is 1. The van der Waals surface area contributed by atoms with Gasteiger partial charge in [-0.15, -0.1) is 0 Å². The highest BCUT2D eigenvalue weighted by molar-refractivity contribution is 6.31. The molecule has 2 aromatic rings. The van der Waals surface area contributed by atoms with Gasteiger partial charge in [-0.2, -0.15) is 5.10 Å². The second-order valence-corrected chi connectivity index (χ2v) is 8.12. The first-order valence-corrected chi connectivity index (χ1v) is 9.87. The number of nitrogens with one attached hydrogen (secondary N) is 1. The average Bonchev–Trinajstić information content (AvgIpc) is 2.88. The van der Waals surface area contributed by atoms with Crippen molar-refractivity contribution in [3.63, 3.8) is 0 Å². The van der Waals surface area contributed by atoms with Gasteiger partial charge in [-0.05, 0) is 52.7 Å². The topological polar surface area (TPSA) is 82.5 Å². The minimum Gasteiger partial charge on any atom is -0.462 e. The lowest BCUT2D eigenvalue weighted by atomic mass is 10.2. The Morgan fingerprint density at radius 2 is 1.90 bits per heavy atom. The van der Waals surface area contributed by atoms with Crippen molar-refractivity contribution in [2.24, 2.45) is 0 Å². The fraction of sp³-hybridized carbons (Fsp3) is 0.476. The number of carbonyl (C=O) groups is 2. The quantitative estimate of drug-likeness (QED) is 0.533. The Labute approximate surface area is 176 Å². The van der Waals surface area contributed by atoms with E-state index in [0.29, 0.717) is 35.8 Å². The van der Waals surface area contributed by atoms with Crippen LogP contribution in [-0.4, -0.2) is 40.6 Å². The molecule has 1 heterocycles. The molecular weight excluding hydrogens is 394 g/mol. The molecule has 0 aliphatic carbocycles. The van der Waals surface area contributed by atoms with Crippen LogP contribution in [0, 0.1) is 13.8 Å². The van der Waals surface area contributed by atoms with Crippen molar-refractivity contribution in [3.05, 3.63) is 51.8 Å². The smallest absolute Gasteiger partial charge is 0.407 e. The van der Waals surface area contributed by atoms with Gasteiger partial charge < -0.3 is 14.8 Å². The van der Waals surface area contributed by atoms with Crippen LogP contribution in [0.3, 0.4) is 0 Å². The van der Waals surface area contributed by atoms with Gasteiger partial charge in [0.1, 0.15) is 11.2 Å². The van der Waals surface area contributed by atoms with E-state index in [-0.39, 0.29) is 6.61 Å². The van der Waals surface area contributed by atoms with Crippen LogP contribution in [0.5, 0.6) is 0 Å². The van der Waals surface area contributed by atoms with Crippen molar-refractivity contribution >= 4 is 23.7 Å². The summed E-state index contributed by atoms with van der Waals surface area (Å²) in [5.74, 6) is -0.428. The number of ether oxygens (including phenoxy) is 2. The molecule has 29 heavy (non-hydrogen) atoms. The summed E-state index contributed by atoms with van der Waals surface area (Å²) >= 11 is 6.22. The van der Waals surface area contributed by atoms with Gasteiger partial charge in [0.25, 0.3) is 0 Å². The Balaban J connectivity index is 1.87. The first kappa shape index (κ1) is 22.7. The van der Waals surface area contributed by atoms with E-state index in [0.717, 1.165) is 11.3 Å². The SMILES string of the molecule is Cc1nn(Cc2ccccc2Cl)c(C)c1C(=O)OCCCNC(=O)OC(C)(C)C. The molecule has 0 aliphatic heterocycles. The van der Waals surface area contributed by atoms with Crippen LogP contribution >= 0.6 is 11.6 Å². The zero-order chi connectivity index (χ0) is 21.6. The molecule has 0 saturated heterocycles. The van der Waals surface area contributed by atoms with E-state index in [1.165, 1.54) is 0 Å². The molecule has 1 N–H and O–H groups in total. The van der Waals surface area contributed by atoms with Crippen LogP contribution in [0.1, 0.15) is 54.5 Å². The molecule has 1 aromatic carbocycles. The van der Waals surface area contributed by atoms with E-state index in [9.17, 15) is 9.59 Å². The van der Waals surface area contributed by atoms with Crippen LogP contribution in [-0.2, 0) is 16.0 Å². The third kappa shape index (κ3) is 6.78. The van der Waals surface area contributed by atoms with Gasteiger partial charge in [-0.3, -0.25) is 4.68 Å². The number of alkyl carbamates (subject to hydrolysis) is 1. The Hall–Kier alpha value is -2.54.